The first kappa shape index (κ1) is 17.7. The summed E-state index contributed by atoms with van der Waals surface area (Å²) in [4.78, 5) is 28.9. The second-order valence-electron chi connectivity index (χ2n) is 6.37. The van der Waals surface area contributed by atoms with Crippen molar-refractivity contribution in [3.8, 4) is 0 Å². The summed E-state index contributed by atoms with van der Waals surface area (Å²) < 4.78 is 5.67. The molecule has 140 valence electrons. The van der Waals surface area contributed by atoms with Crippen molar-refractivity contribution in [1.29, 1.82) is 10.8 Å². The van der Waals surface area contributed by atoms with Gasteiger partial charge in [-0.05, 0) is 6.42 Å². The Labute approximate surface area is 160 Å². The number of nitrogens with zero attached hydrogens (tertiary/aromatic N) is 5. The summed E-state index contributed by atoms with van der Waals surface area (Å²) in [6.45, 7) is 3.49. The number of hydrogen-bond acceptors (Lipinski definition) is 9. The Hall–Kier alpha value is -2.72. The number of thiazole rings is 1. The van der Waals surface area contributed by atoms with Gasteiger partial charge in [0.1, 0.15) is 22.9 Å². The number of anilines is 2. The quantitative estimate of drug-likeness (QED) is 0.457. The van der Waals surface area contributed by atoms with E-state index in [1.807, 2.05) is 6.92 Å². The van der Waals surface area contributed by atoms with Gasteiger partial charge in [0.05, 0.1) is 32.2 Å². The van der Waals surface area contributed by atoms with E-state index in [-0.39, 0.29) is 18.0 Å². The molecule has 2 aromatic rings. The third-order valence-electron chi connectivity index (χ3n) is 5.02. The van der Waals surface area contributed by atoms with Crippen molar-refractivity contribution in [2.75, 3.05) is 29.6 Å². The standard InChI is InChI=1S/C17H19N7O2S/c1-2-17-9-26-5-4-24(17)14-11(23(10-18)16(17)19)8-21-13(22-14)7-12(25)15-20-3-6-27-15/h3,6,8,10,18-19H,2,4-5,7,9H2,1H3. The third-order valence-corrected chi connectivity index (χ3v) is 5.83. The fraction of sp³-hybridized carbons (Fsp3) is 0.412. The maximum absolute atomic E-state index is 12.4. The lowest BCUT2D eigenvalue weighted by Gasteiger charge is -2.52. The maximum Gasteiger partial charge on any atom is 0.198 e. The molecule has 0 spiro atoms. The summed E-state index contributed by atoms with van der Waals surface area (Å²) in [7, 11) is 0. The van der Waals surface area contributed by atoms with Gasteiger partial charge in [0, 0.05) is 18.1 Å². The van der Waals surface area contributed by atoms with E-state index in [1.165, 1.54) is 16.2 Å². The summed E-state index contributed by atoms with van der Waals surface area (Å²) in [5.74, 6) is 1.20. The van der Waals surface area contributed by atoms with Crippen LogP contribution in [0, 0.1) is 10.8 Å². The molecule has 0 amide bonds. The minimum absolute atomic E-state index is 0.0618. The average Bonchev–Trinajstić information content (AvgIpc) is 3.24. The molecule has 1 fully saturated rings. The van der Waals surface area contributed by atoms with Crippen LogP contribution in [0.15, 0.2) is 17.8 Å². The van der Waals surface area contributed by atoms with Gasteiger partial charge >= 0.3 is 0 Å². The van der Waals surface area contributed by atoms with Crippen molar-refractivity contribution in [3.05, 3.63) is 28.6 Å². The third kappa shape index (κ3) is 2.72. The number of rotatable bonds is 5. The van der Waals surface area contributed by atoms with Crippen LogP contribution in [0.5, 0.6) is 0 Å². The van der Waals surface area contributed by atoms with Crippen LogP contribution in [-0.4, -0.2) is 58.2 Å². The number of morpholine rings is 1. The van der Waals surface area contributed by atoms with Gasteiger partial charge in [-0.1, -0.05) is 6.92 Å². The molecule has 2 aliphatic heterocycles. The van der Waals surface area contributed by atoms with Gasteiger partial charge in [0.15, 0.2) is 16.6 Å². The van der Waals surface area contributed by atoms with Crippen LogP contribution in [-0.2, 0) is 11.2 Å². The zero-order chi connectivity index (χ0) is 19.0. The summed E-state index contributed by atoms with van der Waals surface area (Å²) in [6, 6.07) is 0. The molecule has 27 heavy (non-hydrogen) atoms. The number of Topliss-reactive ketones (excluding diaryl/α,β-unsaturated/α-hetero) is 1. The number of nitrogens with one attached hydrogen (secondary N) is 2. The zero-order valence-electron chi connectivity index (χ0n) is 14.8. The maximum atomic E-state index is 12.4. The fourth-order valence-electron chi connectivity index (χ4n) is 3.57. The lowest BCUT2D eigenvalue weighted by molar-refractivity contribution is 0.0720. The Morgan fingerprint density at radius 1 is 1.48 bits per heavy atom. The Morgan fingerprint density at radius 3 is 3.04 bits per heavy atom. The summed E-state index contributed by atoms with van der Waals surface area (Å²) in [5.41, 5.74) is -0.0975. The number of hydrogen-bond donors (Lipinski definition) is 2. The van der Waals surface area contributed by atoms with Gasteiger partial charge in [-0.2, -0.15) is 0 Å². The first-order valence-electron chi connectivity index (χ1n) is 8.63. The molecule has 9 nitrogen and oxygen atoms in total. The molecule has 4 rings (SSSR count). The van der Waals surface area contributed by atoms with E-state index in [0.29, 0.717) is 48.5 Å². The van der Waals surface area contributed by atoms with Crippen LogP contribution in [0.3, 0.4) is 0 Å². The van der Waals surface area contributed by atoms with Crippen molar-refractivity contribution in [1.82, 2.24) is 15.0 Å². The van der Waals surface area contributed by atoms with E-state index >= 15 is 0 Å². The highest BCUT2D eigenvalue weighted by Gasteiger charge is 2.50. The van der Waals surface area contributed by atoms with E-state index in [1.54, 1.807) is 17.8 Å². The Morgan fingerprint density at radius 2 is 2.33 bits per heavy atom. The smallest absolute Gasteiger partial charge is 0.198 e. The van der Waals surface area contributed by atoms with Crippen LogP contribution in [0.2, 0.25) is 0 Å². The minimum atomic E-state index is -0.673. The summed E-state index contributed by atoms with van der Waals surface area (Å²) >= 11 is 1.30. The predicted molar refractivity (Wildman–Crippen MR) is 102 cm³/mol. The molecule has 1 unspecified atom stereocenters. The molecule has 10 heteroatoms. The van der Waals surface area contributed by atoms with E-state index in [0.717, 1.165) is 6.34 Å². The van der Waals surface area contributed by atoms with Gasteiger partial charge in [-0.3, -0.25) is 20.5 Å². The van der Waals surface area contributed by atoms with Gasteiger partial charge in [0.2, 0.25) is 0 Å². The Balaban J connectivity index is 1.75. The highest BCUT2D eigenvalue weighted by Crippen LogP contribution is 2.41. The molecule has 0 bridgehead atoms. The van der Waals surface area contributed by atoms with Gasteiger partial charge in [0.25, 0.3) is 0 Å². The van der Waals surface area contributed by atoms with Crippen molar-refractivity contribution in [2.24, 2.45) is 0 Å². The van der Waals surface area contributed by atoms with Crippen LogP contribution >= 0.6 is 11.3 Å². The van der Waals surface area contributed by atoms with E-state index < -0.39 is 5.54 Å². The number of fused-ring (bicyclic) bond motifs is 3. The molecule has 2 N–H and O–H groups in total. The van der Waals surface area contributed by atoms with Crippen molar-refractivity contribution in [3.63, 3.8) is 0 Å². The van der Waals surface area contributed by atoms with Gasteiger partial charge in [-0.25, -0.2) is 15.0 Å². The largest absolute Gasteiger partial charge is 0.377 e. The second kappa shape index (κ2) is 6.78. The second-order valence-corrected chi connectivity index (χ2v) is 7.26. The van der Waals surface area contributed by atoms with Crippen molar-refractivity contribution >= 4 is 40.8 Å². The lowest BCUT2D eigenvalue weighted by atomic mass is 9.88. The molecule has 1 atom stereocenters. The molecular weight excluding hydrogens is 366 g/mol. The van der Waals surface area contributed by atoms with Crippen molar-refractivity contribution < 1.29 is 9.53 Å². The summed E-state index contributed by atoms with van der Waals surface area (Å²) in [5, 5.41) is 18.6. The van der Waals surface area contributed by atoms with E-state index in [4.69, 9.17) is 15.6 Å². The number of ketones is 1. The van der Waals surface area contributed by atoms with E-state index in [9.17, 15) is 4.79 Å². The molecule has 2 aromatic heterocycles. The van der Waals surface area contributed by atoms with E-state index in [2.05, 4.69) is 19.9 Å². The van der Waals surface area contributed by atoms with Gasteiger partial charge in [-0.15, -0.1) is 11.3 Å². The molecule has 0 radical (unpaired) electrons. The fourth-order valence-corrected chi connectivity index (χ4v) is 4.14. The van der Waals surface area contributed by atoms with Crippen LogP contribution < -0.4 is 9.80 Å². The minimum Gasteiger partial charge on any atom is -0.377 e. The highest BCUT2D eigenvalue weighted by atomic mass is 32.1. The molecule has 0 aliphatic carbocycles. The van der Waals surface area contributed by atoms with Crippen LogP contribution in [0.25, 0.3) is 0 Å². The zero-order valence-corrected chi connectivity index (χ0v) is 15.6. The Kier molecular flexibility index (Phi) is 4.44. The highest BCUT2D eigenvalue weighted by molar-refractivity contribution is 7.11. The molecular formula is C17H19N7O2S. The predicted octanol–water partition coefficient (Wildman–Crippen LogP) is 1.75. The molecule has 1 saturated heterocycles. The SMILES string of the molecule is CCC12COCCN1c1nc(CC(=O)c3nccs3)ncc1N(C=N)C2=N. The first-order valence-corrected chi connectivity index (χ1v) is 9.51. The number of ether oxygens (including phenoxy) is 1. The van der Waals surface area contributed by atoms with Crippen LogP contribution in [0.1, 0.15) is 29.0 Å². The molecule has 0 saturated carbocycles. The normalized spacial score (nSPS) is 21.6. The number of aromatic nitrogens is 3. The molecule has 4 heterocycles. The van der Waals surface area contributed by atoms with Crippen molar-refractivity contribution in [2.45, 2.75) is 25.3 Å². The van der Waals surface area contributed by atoms with Gasteiger partial charge < -0.3 is 9.64 Å². The summed E-state index contributed by atoms with van der Waals surface area (Å²) in [6.07, 6.45) is 5.00. The number of amidine groups is 1. The number of carbonyl (C=O) groups excluding carboxylic acids is 1. The molecule has 2 aliphatic rings. The monoisotopic (exact) mass is 385 g/mol. The Bertz CT molecular complexity index is 901. The lowest BCUT2D eigenvalue weighted by Crippen LogP contribution is -2.68. The first-order chi connectivity index (χ1) is 13.1. The topological polar surface area (TPSA) is 119 Å². The number of carbonyl (C=O) groups is 1. The van der Waals surface area contributed by atoms with Crippen LogP contribution in [0.4, 0.5) is 11.5 Å². The molecule has 0 aromatic carbocycles. The average molecular weight is 385 g/mol.